The van der Waals surface area contributed by atoms with Crippen LogP contribution in [-0.4, -0.2) is 19.6 Å². The Morgan fingerprint density at radius 1 is 1.40 bits per heavy atom. The van der Waals surface area contributed by atoms with E-state index in [1.165, 1.54) is 0 Å². The fourth-order valence-electron chi connectivity index (χ4n) is 0. The predicted octanol–water partition coefficient (Wildman–Crippen LogP) is 2.01. The maximum Gasteiger partial charge on any atom is -0.0142 e. The quantitative estimate of drug-likeness (QED) is 0.463. The van der Waals surface area contributed by atoms with E-state index in [-0.39, 0.29) is 0 Å². The molecule has 0 nitrogen and oxygen atoms in total. The van der Waals surface area contributed by atoms with Crippen molar-refractivity contribution in [2.75, 3.05) is 19.6 Å². The summed E-state index contributed by atoms with van der Waals surface area (Å²) in [4.78, 5) is 0. The minimum atomic E-state index is 0.318. The zero-order chi connectivity index (χ0) is 4.28. The van der Waals surface area contributed by atoms with E-state index in [1.54, 1.807) is 0 Å². The van der Waals surface area contributed by atoms with Crippen LogP contribution in [0.4, 0.5) is 0 Å². The first-order chi connectivity index (χ1) is 2.27. The van der Waals surface area contributed by atoms with Crippen molar-refractivity contribution >= 4 is 18.5 Å². The highest BCUT2D eigenvalue weighted by Crippen LogP contribution is 2.38. The second-order valence-electron chi connectivity index (χ2n) is 0.995. The Balaban J connectivity index is 2.54. The Labute approximate surface area is 38.8 Å². The van der Waals surface area contributed by atoms with Gasteiger partial charge in [0.1, 0.15) is 0 Å². The average Bonchev–Trinajstić information content (AvgIpc) is 1.38. The highest BCUT2D eigenvalue weighted by atomic mass is 32.7. The van der Waals surface area contributed by atoms with E-state index in [4.69, 9.17) is 0 Å². The zero-order valence-electron chi connectivity index (χ0n) is 3.86. The van der Waals surface area contributed by atoms with Crippen molar-refractivity contribution in [1.29, 1.82) is 0 Å². The molecule has 0 heterocycles. The van der Waals surface area contributed by atoms with Gasteiger partial charge in [0.15, 0.2) is 0 Å². The molecule has 0 aliphatic heterocycles. The third-order valence-corrected chi connectivity index (χ3v) is 3.29. The molecule has 0 fully saturated rings. The summed E-state index contributed by atoms with van der Waals surface area (Å²) < 4.78 is 0. The summed E-state index contributed by atoms with van der Waals surface area (Å²) in [5, 5.41) is 0. The van der Waals surface area contributed by atoms with Crippen molar-refractivity contribution in [2.45, 2.75) is 0 Å². The normalized spacial score (nSPS) is 9.60. The van der Waals surface area contributed by atoms with E-state index in [2.05, 4.69) is 19.6 Å². The summed E-state index contributed by atoms with van der Waals surface area (Å²) in [6.07, 6.45) is 2.14. The maximum atomic E-state index is 2.25. The Morgan fingerprint density at radius 3 is 1.60 bits per heavy atom. The molecule has 5 heavy (non-hydrogen) atoms. The van der Waals surface area contributed by atoms with E-state index in [0.717, 1.165) is 0 Å². The minimum absolute atomic E-state index is 0.318. The Kier molecular flexibility index (Phi) is 3.46. The monoisotopic (exact) mass is 108 g/mol. The van der Waals surface area contributed by atoms with Crippen LogP contribution in [0, 0.1) is 0 Å². The number of hydrogen-bond donors (Lipinski definition) is 0. The van der Waals surface area contributed by atoms with Gasteiger partial charge in [0.2, 0.25) is 0 Å². The molecular weight excluding hydrogens is 99.1 g/mol. The lowest BCUT2D eigenvalue weighted by molar-refractivity contribution is 2.29. The molecule has 2 heteroatoms. The Hall–Kier alpha value is 0.780. The lowest BCUT2D eigenvalue weighted by Crippen LogP contribution is -1.47. The summed E-state index contributed by atoms with van der Waals surface area (Å²) in [5.41, 5.74) is 0. The van der Waals surface area contributed by atoms with Gasteiger partial charge in [0.25, 0.3) is 0 Å². The standard InChI is InChI=1S/C3H9PS/c1-4(2)5-3/h1-3H3. The lowest BCUT2D eigenvalue weighted by atomic mass is 11.9. The van der Waals surface area contributed by atoms with Crippen LogP contribution in [0.5, 0.6) is 0 Å². The second kappa shape index (κ2) is 2.99. The maximum absolute atomic E-state index is 2.25. The van der Waals surface area contributed by atoms with Crippen LogP contribution in [0.15, 0.2) is 0 Å². The first-order valence-electron chi connectivity index (χ1n) is 1.49. The van der Waals surface area contributed by atoms with E-state index in [0.29, 0.717) is 7.12 Å². The lowest BCUT2D eigenvalue weighted by Gasteiger charge is -1.91. The molecule has 0 unspecified atom stereocenters. The number of hydrogen-bond acceptors (Lipinski definition) is 1. The molecule has 0 bridgehead atoms. The van der Waals surface area contributed by atoms with Crippen LogP contribution in [0.1, 0.15) is 0 Å². The summed E-state index contributed by atoms with van der Waals surface area (Å²) in [7, 11) is 0.318. The summed E-state index contributed by atoms with van der Waals surface area (Å²) in [6, 6.07) is 0. The largest absolute Gasteiger partial charge is 0.138 e. The molecule has 0 rings (SSSR count). The van der Waals surface area contributed by atoms with Crippen molar-refractivity contribution in [3.8, 4) is 0 Å². The van der Waals surface area contributed by atoms with Gasteiger partial charge in [-0.2, -0.15) is 0 Å². The van der Waals surface area contributed by atoms with E-state index in [1.807, 2.05) is 11.4 Å². The highest BCUT2D eigenvalue weighted by molar-refractivity contribution is 8.55. The molecule has 0 atom stereocenters. The summed E-state index contributed by atoms with van der Waals surface area (Å²) >= 11 is 1.94. The SMILES string of the molecule is CSP(C)C. The number of rotatable bonds is 1. The van der Waals surface area contributed by atoms with E-state index < -0.39 is 0 Å². The third-order valence-electron chi connectivity index (χ3n) is 0.365. The van der Waals surface area contributed by atoms with E-state index >= 15 is 0 Å². The van der Waals surface area contributed by atoms with Gasteiger partial charge in [-0.25, -0.2) is 0 Å². The molecule has 0 saturated heterocycles. The van der Waals surface area contributed by atoms with Gasteiger partial charge in [-0.15, -0.1) is 11.4 Å². The molecule has 32 valence electrons. The summed E-state index contributed by atoms with van der Waals surface area (Å²) in [6.45, 7) is 4.50. The smallest absolute Gasteiger partial charge is 0.0142 e. The van der Waals surface area contributed by atoms with Gasteiger partial charge in [0, 0.05) is 0 Å². The molecule has 0 aliphatic rings. The average molecular weight is 108 g/mol. The molecule has 0 N–H and O–H groups in total. The van der Waals surface area contributed by atoms with Gasteiger partial charge >= 0.3 is 0 Å². The second-order valence-corrected chi connectivity index (χ2v) is 6.27. The predicted molar refractivity (Wildman–Crippen MR) is 32.3 cm³/mol. The van der Waals surface area contributed by atoms with Crippen molar-refractivity contribution in [2.24, 2.45) is 0 Å². The Morgan fingerprint density at radius 2 is 1.60 bits per heavy atom. The molecule has 0 saturated carbocycles. The van der Waals surface area contributed by atoms with Crippen molar-refractivity contribution in [1.82, 2.24) is 0 Å². The topological polar surface area (TPSA) is 0 Å². The van der Waals surface area contributed by atoms with Crippen LogP contribution in [-0.2, 0) is 0 Å². The molecular formula is C3H9PS. The molecule has 0 aromatic rings. The van der Waals surface area contributed by atoms with Gasteiger partial charge in [-0.05, 0) is 19.6 Å². The van der Waals surface area contributed by atoms with Crippen LogP contribution >= 0.6 is 18.5 Å². The molecule has 0 amide bonds. The first kappa shape index (κ1) is 5.78. The van der Waals surface area contributed by atoms with Gasteiger partial charge in [0.05, 0.1) is 0 Å². The third kappa shape index (κ3) is 4.78. The van der Waals surface area contributed by atoms with Crippen molar-refractivity contribution in [3.63, 3.8) is 0 Å². The molecule has 0 aliphatic carbocycles. The zero-order valence-corrected chi connectivity index (χ0v) is 5.57. The fraction of sp³-hybridized carbons (Fsp3) is 1.00. The molecule has 0 aromatic carbocycles. The molecule has 0 spiro atoms. The van der Waals surface area contributed by atoms with Crippen LogP contribution in [0.2, 0.25) is 0 Å². The first-order valence-corrected chi connectivity index (χ1v) is 5.55. The van der Waals surface area contributed by atoms with E-state index in [9.17, 15) is 0 Å². The molecule has 0 radical (unpaired) electrons. The van der Waals surface area contributed by atoms with Gasteiger partial charge < -0.3 is 0 Å². The molecule has 0 aromatic heterocycles. The summed E-state index contributed by atoms with van der Waals surface area (Å²) in [5.74, 6) is 0. The van der Waals surface area contributed by atoms with Gasteiger partial charge in [-0.3, -0.25) is 0 Å². The van der Waals surface area contributed by atoms with Gasteiger partial charge in [-0.1, -0.05) is 7.12 Å². The van der Waals surface area contributed by atoms with Crippen LogP contribution in [0.25, 0.3) is 0 Å². The van der Waals surface area contributed by atoms with Crippen molar-refractivity contribution in [3.05, 3.63) is 0 Å². The minimum Gasteiger partial charge on any atom is -0.138 e. The fourth-order valence-corrected chi connectivity index (χ4v) is 0. The Bertz CT molecular complexity index is 20.9. The highest BCUT2D eigenvalue weighted by Gasteiger charge is 1.78. The van der Waals surface area contributed by atoms with Crippen LogP contribution < -0.4 is 0 Å². The van der Waals surface area contributed by atoms with Crippen molar-refractivity contribution < 1.29 is 0 Å². The van der Waals surface area contributed by atoms with Crippen LogP contribution in [0.3, 0.4) is 0 Å².